The first-order valence-electron chi connectivity index (χ1n) is 17.3. The van der Waals surface area contributed by atoms with Crippen molar-refractivity contribution in [3.63, 3.8) is 0 Å². The number of benzene rings is 3. The van der Waals surface area contributed by atoms with Crippen LogP contribution in [0.15, 0.2) is 48.7 Å². The zero-order valence-electron chi connectivity index (χ0n) is 28.5. The molecule has 7 rings (SSSR count). The van der Waals surface area contributed by atoms with Crippen LogP contribution in [0.4, 0.5) is 0 Å². The number of carbonyl (C=O) groups excluding carboxylic acids is 2. The van der Waals surface area contributed by atoms with Crippen LogP contribution in [0.5, 0.6) is 5.75 Å². The molecule has 0 radical (unpaired) electrons. The monoisotopic (exact) mass is 647 g/mol. The topological polar surface area (TPSA) is 119 Å². The predicted octanol–water partition coefficient (Wildman–Crippen LogP) is 6.72. The lowest BCUT2D eigenvalue weighted by atomic mass is 9.92. The first-order chi connectivity index (χ1) is 23.3. The largest absolute Gasteiger partial charge is 0.488 e. The van der Waals surface area contributed by atoms with Crippen molar-refractivity contribution in [3.05, 3.63) is 65.9 Å². The fourth-order valence-electron chi connectivity index (χ4n) is 7.30. The zero-order chi connectivity index (χ0) is 33.5. The molecule has 48 heavy (non-hydrogen) atoms. The number of carbonyl (C=O) groups is 2. The van der Waals surface area contributed by atoms with Gasteiger partial charge in [-0.25, -0.2) is 9.97 Å². The Morgan fingerprint density at radius 2 is 1.98 bits per heavy atom. The SMILES string of the molecule is CCCC(=O)N1C[C@@H](C)CC1c1ncc(-c2ccc3c(c2)COc2cc4c(ccc5[nH]c(CN(C(=O)CNC)[C@@H](C)CC)nc54)cc2-3)[nH]1. The van der Waals surface area contributed by atoms with Crippen LogP contribution in [0.25, 0.3) is 44.2 Å². The smallest absolute Gasteiger partial charge is 0.237 e. The zero-order valence-corrected chi connectivity index (χ0v) is 28.5. The molecule has 3 atom stereocenters. The molecule has 0 saturated carbocycles. The van der Waals surface area contributed by atoms with E-state index in [1.807, 2.05) is 22.9 Å². The van der Waals surface area contributed by atoms with Crippen molar-refractivity contribution in [1.29, 1.82) is 0 Å². The third kappa shape index (κ3) is 5.83. The summed E-state index contributed by atoms with van der Waals surface area (Å²) < 4.78 is 6.37. The lowest BCUT2D eigenvalue weighted by molar-refractivity contribution is -0.133. The average molecular weight is 648 g/mol. The van der Waals surface area contributed by atoms with Gasteiger partial charge in [0.1, 0.15) is 24.0 Å². The van der Waals surface area contributed by atoms with Crippen LogP contribution in [0, 0.1) is 5.92 Å². The van der Waals surface area contributed by atoms with Crippen molar-refractivity contribution >= 4 is 33.6 Å². The van der Waals surface area contributed by atoms with E-state index >= 15 is 0 Å². The molecular weight excluding hydrogens is 602 g/mol. The number of hydrogen-bond acceptors (Lipinski definition) is 6. The van der Waals surface area contributed by atoms with Gasteiger partial charge in [-0.1, -0.05) is 39.0 Å². The molecule has 1 saturated heterocycles. The molecule has 4 heterocycles. The number of imidazole rings is 2. The Kier molecular flexibility index (Phi) is 8.68. The molecule has 5 aromatic rings. The van der Waals surface area contributed by atoms with Crippen LogP contribution in [0.3, 0.4) is 0 Å². The summed E-state index contributed by atoms with van der Waals surface area (Å²) >= 11 is 0. The quantitative estimate of drug-likeness (QED) is 0.155. The maximum atomic E-state index is 12.8. The van der Waals surface area contributed by atoms with E-state index in [1.54, 1.807) is 7.05 Å². The van der Waals surface area contributed by atoms with Crippen LogP contribution in [0.2, 0.25) is 0 Å². The van der Waals surface area contributed by atoms with Crippen LogP contribution in [-0.2, 0) is 22.7 Å². The predicted molar refractivity (Wildman–Crippen MR) is 188 cm³/mol. The highest BCUT2D eigenvalue weighted by atomic mass is 16.5. The van der Waals surface area contributed by atoms with Crippen molar-refractivity contribution < 1.29 is 14.3 Å². The fourth-order valence-corrected chi connectivity index (χ4v) is 7.30. The van der Waals surface area contributed by atoms with E-state index in [0.717, 1.165) is 93.0 Å². The van der Waals surface area contributed by atoms with E-state index in [4.69, 9.17) is 14.7 Å². The van der Waals surface area contributed by atoms with E-state index < -0.39 is 0 Å². The Labute approximate surface area is 281 Å². The number of rotatable bonds is 10. The van der Waals surface area contributed by atoms with Gasteiger partial charge in [-0.15, -0.1) is 0 Å². The Balaban J connectivity index is 1.16. The van der Waals surface area contributed by atoms with Crippen LogP contribution in [0.1, 0.15) is 76.6 Å². The minimum Gasteiger partial charge on any atom is -0.488 e. The number of ether oxygens (including phenoxy) is 1. The van der Waals surface area contributed by atoms with E-state index in [2.05, 4.69) is 78.5 Å². The van der Waals surface area contributed by atoms with E-state index in [-0.39, 0.29) is 23.9 Å². The van der Waals surface area contributed by atoms with Gasteiger partial charge in [-0.3, -0.25) is 9.59 Å². The van der Waals surface area contributed by atoms with Crippen molar-refractivity contribution in [2.45, 2.75) is 78.6 Å². The van der Waals surface area contributed by atoms with Gasteiger partial charge in [0.25, 0.3) is 0 Å². The van der Waals surface area contributed by atoms with Gasteiger partial charge >= 0.3 is 0 Å². The van der Waals surface area contributed by atoms with Crippen molar-refractivity contribution in [1.82, 2.24) is 35.1 Å². The second-order valence-corrected chi connectivity index (χ2v) is 13.5. The molecule has 2 aliphatic heterocycles. The van der Waals surface area contributed by atoms with Gasteiger partial charge in [-0.05, 0) is 85.5 Å². The number of amides is 2. The number of likely N-dealkylation sites (N-methyl/N-ethyl adjacent to an activating group) is 1. The van der Waals surface area contributed by atoms with Crippen molar-refractivity contribution in [2.75, 3.05) is 20.1 Å². The summed E-state index contributed by atoms with van der Waals surface area (Å²) in [5.41, 5.74) is 7.12. The Morgan fingerprint density at radius 3 is 2.77 bits per heavy atom. The molecule has 1 unspecified atom stereocenters. The number of fused-ring (bicyclic) bond motifs is 6. The highest BCUT2D eigenvalue weighted by Crippen LogP contribution is 2.43. The molecule has 250 valence electrons. The minimum absolute atomic E-state index is 0.00864. The summed E-state index contributed by atoms with van der Waals surface area (Å²) in [7, 11) is 1.79. The highest BCUT2D eigenvalue weighted by Gasteiger charge is 2.35. The highest BCUT2D eigenvalue weighted by molar-refractivity contribution is 6.07. The van der Waals surface area contributed by atoms with Crippen LogP contribution >= 0.6 is 0 Å². The Hall–Kier alpha value is -4.70. The van der Waals surface area contributed by atoms with E-state index in [0.29, 0.717) is 32.0 Å². The number of nitrogens with one attached hydrogen (secondary N) is 3. The van der Waals surface area contributed by atoms with Gasteiger partial charge in [0, 0.05) is 30.0 Å². The van der Waals surface area contributed by atoms with Crippen LogP contribution < -0.4 is 10.1 Å². The summed E-state index contributed by atoms with van der Waals surface area (Å²) in [6, 6.07) is 15.1. The van der Waals surface area contributed by atoms with Gasteiger partial charge in [0.2, 0.25) is 11.8 Å². The lowest BCUT2D eigenvalue weighted by Gasteiger charge is -2.27. The van der Waals surface area contributed by atoms with Crippen molar-refractivity contribution in [2.24, 2.45) is 5.92 Å². The molecule has 2 aromatic heterocycles. The molecule has 3 aromatic carbocycles. The second-order valence-electron chi connectivity index (χ2n) is 13.5. The van der Waals surface area contributed by atoms with Gasteiger partial charge < -0.3 is 29.8 Å². The van der Waals surface area contributed by atoms with E-state index in [9.17, 15) is 9.59 Å². The minimum atomic E-state index is -0.00864. The number of aromatic nitrogens is 4. The average Bonchev–Trinajstić information content (AvgIpc) is 3.84. The second kappa shape index (κ2) is 13.1. The molecule has 10 nitrogen and oxygen atoms in total. The maximum absolute atomic E-state index is 12.8. The van der Waals surface area contributed by atoms with E-state index in [1.165, 1.54) is 0 Å². The van der Waals surface area contributed by atoms with Crippen LogP contribution in [-0.4, -0.2) is 67.7 Å². The first kappa shape index (κ1) is 31.9. The summed E-state index contributed by atoms with van der Waals surface area (Å²) in [6.07, 6.45) is 5.10. The maximum Gasteiger partial charge on any atom is 0.237 e. The molecular formula is C38H45N7O3. The Morgan fingerprint density at radius 1 is 1.12 bits per heavy atom. The number of hydrogen-bond donors (Lipinski definition) is 3. The third-order valence-corrected chi connectivity index (χ3v) is 10.0. The number of likely N-dealkylation sites (tertiary alicyclic amines) is 1. The summed E-state index contributed by atoms with van der Waals surface area (Å²) in [5.74, 6) is 3.18. The van der Waals surface area contributed by atoms with Gasteiger partial charge in [-0.2, -0.15) is 0 Å². The molecule has 3 N–H and O–H groups in total. The lowest BCUT2D eigenvalue weighted by Crippen LogP contribution is -2.42. The molecule has 0 spiro atoms. The molecule has 1 fully saturated rings. The number of H-pyrrole nitrogens is 2. The van der Waals surface area contributed by atoms with Gasteiger partial charge in [0.15, 0.2) is 0 Å². The van der Waals surface area contributed by atoms with Crippen molar-refractivity contribution in [3.8, 4) is 28.1 Å². The summed E-state index contributed by atoms with van der Waals surface area (Å²) in [4.78, 5) is 46.3. The number of nitrogens with zero attached hydrogens (tertiary/aromatic N) is 4. The molecule has 0 bridgehead atoms. The Bertz CT molecular complexity index is 2000. The molecule has 2 amide bonds. The summed E-state index contributed by atoms with van der Waals surface area (Å²) in [5, 5.41) is 5.08. The molecule has 0 aliphatic carbocycles. The normalized spacial score (nSPS) is 17.7. The molecule has 2 aliphatic rings. The first-order valence-corrected chi connectivity index (χ1v) is 17.3. The summed E-state index contributed by atoms with van der Waals surface area (Å²) in [6.45, 7) is 10.4. The molecule has 10 heteroatoms. The fraction of sp³-hybridized carbons (Fsp3) is 0.421. The number of aromatic amines is 2. The standard InChI is InChI=1S/C38H45N7O3/c1-6-8-35(46)45-19-22(3)13-32(45)38-40-17-31(42-38)25-9-11-27-26(14-25)21-48-33-16-28-24(15-29(27)33)10-12-30-37(28)43-34(41-30)20-44(23(4)7-2)36(47)18-39-5/h9-12,14-17,22-23,32,39H,6-8,13,18-21H2,1-5H3,(H,40,42)(H,41,43)/t22-,23-,32?/m0/s1. The third-order valence-electron chi connectivity index (χ3n) is 10.0. The van der Waals surface area contributed by atoms with Gasteiger partial charge in [0.05, 0.1) is 42.1 Å².